The number of methoxy groups -OCH3 is 1. The third-order valence-corrected chi connectivity index (χ3v) is 7.77. The third-order valence-electron chi connectivity index (χ3n) is 6.85. The molecule has 0 aliphatic carbocycles. The Bertz CT molecular complexity index is 1700. The van der Waals surface area contributed by atoms with Crippen LogP contribution in [0, 0.1) is 6.92 Å². The molecule has 0 atom stereocenters. The number of hydrogen-bond donors (Lipinski definition) is 0. The van der Waals surface area contributed by atoms with E-state index in [1.807, 2.05) is 50.2 Å². The number of carbonyl (C=O) groups excluding carboxylic acids is 2. The quantitative estimate of drug-likeness (QED) is 0.216. The molecule has 5 rings (SSSR count). The van der Waals surface area contributed by atoms with Gasteiger partial charge in [-0.05, 0) is 72.9 Å². The van der Waals surface area contributed by atoms with Crippen LogP contribution in [0.3, 0.4) is 0 Å². The zero-order valence-corrected chi connectivity index (χ0v) is 24.9. The predicted molar refractivity (Wildman–Crippen MR) is 161 cm³/mol. The molecule has 0 radical (unpaired) electrons. The lowest BCUT2D eigenvalue weighted by Crippen LogP contribution is -2.31. The molecular weight excluding hydrogens is 595 g/mol. The van der Waals surface area contributed by atoms with Crippen LogP contribution in [0.1, 0.15) is 30.0 Å². The van der Waals surface area contributed by atoms with E-state index in [2.05, 4.69) is 19.8 Å². The second-order valence-corrected chi connectivity index (χ2v) is 10.8. The summed E-state index contributed by atoms with van der Waals surface area (Å²) in [5.74, 6) is 0.575. The molecule has 13 heteroatoms. The van der Waals surface area contributed by atoms with Crippen molar-refractivity contribution in [2.75, 3.05) is 17.8 Å². The zero-order chi connectivity index (χ0) is 31.4. The van der Waals surface area contributed by atoms with E-state index in [1.54, 1.807) is 12.0 Å². The molecule has 9 nitrogen and oxygen atoms in total. The Labute approximate surface area is 255 Å². The summed E-state index contributed by atoms with van der Waals surface area (Å²) in [6, 6.07) is 16.5. The van der Waals surface area contributed by atoms with Crippen LogP contribution >= 0.6 is 11.8 Å². The maximum Gasteiger partial charge on any atom is 0.573 e. The summed E-state index contributed by atoms with van der Waals surface area (Å²) in [4.78, 5) is 35.9. The maximum absolute atomic E-state index is 12.9. The summed E-state index contributed by atoms with van der Waals surface area (Å²) in [5.41, 5.74) is 4.70. The van der Waals surface area contributed by atoms with Crippen molar-refractivity contribution in [1.82, 2.24) is 14.8 Å². The number of rotatable bonds is 9. The maximum atomic E-state index is 12.9. The molecule has 1 saturated heterocycles. The third kappa shape index (κ3) is 7.10. The van der Waals surface area contributed by atoms with E-state index >= 15 is 0 Å². The van der Waals surface area contributed by atoms with Crippen LogP contribution in [0.4, 0.5) is 18.9 Å². The van der Waals surface area contributed by atoms with Gasteiger partial charge in [0.2, 0.25) is 11.8 Å². The van der Waals surface area contributed by atoms with E-state index in [-0.39, 0.29) is 29.7 Å². The van der Waals surface area contributed by atoms with Gasteiger partial charge in [-0.25, -0.2) is 9.67 Å². The Hall–Kier alpha value is -4.65. The van der Waals surface area contributed by atoms with E-state index in [9.17, 15) is 22.8 Å². The first kappa shape index (κ1) is 30.8. The molecule has 0 spiro atoms. The predicted octanol–water partition coefficient (Wildman–Crippen LogP) is 6.31. The molecule has 4 aromatic rings. The van der Waals surface area contributed by atoms with Crippen molar-refractivity contribution in [3.63, 3.8) is 0 Å². The summed E-state index contributed by atoms with van der Waals surface area (Å²) in [6.07, 6.45) is -2.00. The first-order chi connectivity index (χ1) is 21.0. The molecule has 44 heavy (non-hydrogen) atoms. The fourth-order valence-corrected chi connectivity index (χ4v) is 5.61. The number of aryl methyl sites for hydroxylation is 3. The van der Waals surface area contributed by atoms with E-state index in [1.165, 1.54) is 47.0 Å². The molecule has 2 amide bonds. The Morgan fingerprint density at radius 3 is 2.45 bits per heavy atom. The minimum absolute atomic E-state index is 0.122. The molecule has 3 aromatic carbocycles. The second-order valence-electron chi connectivity index (χ2n) is 9.86. The lowest BCUT2D eigenvalue weighted by atomic mass is 10.0. The first-order valence-electron chi connectivity index (χ1n) is 13.7. The number of halogens is 3. The van der Waals surface area contributed by atoms with Crippen molar-refractivity contribution >= 4 is 34.4 Å². The summed E-state index contributed by atoms with van der Waals surface area (Å²) in [7, 11) is 1.60. The van der Waals surface area contributed by atoms with Crippen LogP contribution in [-0.4, -0.2) is 51.0 Å². The number of benzene rings is 3. The summed E-state index contributed by atoms with van der Waals surface area (Å²) < 4.78 is 47.9. The van der Waals surface area contributed by atoms with Gasteiger partial charge in [-0.1, -0.05) is 43.0 Å². The van der Waals surface area contributed by atoms with Crippen LogP contribution in [0.2, 0.25) is 0 Å². The number of aliphatic imine (C=N–C) groups is 1. The standard InChI is InChI=1S/C31H28F3N5O4S/c1-4-21-16-25(42-3)15-19(2)28(21)39-27(41)17-44-30(39)36-26(40)14-7-20-5-8-22(9-6-20)29-35-18-38(37-29)23-10-12-24(13-11-23)43-31(32,33)34/h5-6,8-13,15-16,18H,4,7,14,17H2,1-3H3. The number of amides is 2. The van der Waals surface area contributed by atoms with Gasteiger partial charge in [0.25, 0.3) is 0 Å². The number of aromatic nitrogens is 3. The van der Waals surface area contributed by atoms with Gasteiger partial charge >= 0.3 is 6.36 Å². The molecular formula is C31H28F3N5O4S. The smallest absolute Gasteiger partial charge is 0.497 e. The highest BCUT2D eigenvalue weighted by Gasteiger charge is 2.33. The van der Waals surface area contributed by atoms with Gasteiger partial charge in [0, 0.05) is 12.0 Å². The van der Waals surface area contributed by atoms with Crippen LogP contribution in [0.5, 0.6) is 11.5 Å². The minimum Gasteiger partial charge on any atom is -0.497 e. The van der Waals surface area contributed by atoms with Crippen LogP contribution in [-0.2, 0) is 22.4 Å². The molecule has 2 heterocycles. The van der Waals surface area contributed by atoms with Gasteiger partial charge < -0.3 is 9.47 Å². The second kappa shape index (κ2) is 12.9. The summed E-state index contributed by atoms with van der Waals surface area (Å²) in [6.45, 7) is 3.91. The summed E-state index contributed by atoms with van der Waals surface area (Å²) >= 11 is 1.25. The highest BCUT2D eigenvalue weighted by Crippen LogP contribution is 2.35. The highest BCUT2D eigenvalue weighted by molar-refractivity contribution is 8.15. The highest BCUT2D eigenvalue weighted by atomic mass is 32.2. The van der Waals surface area contributed by atoms with Gasteiger partial charge in [0.05, 0.1) is 24.2 Å². The van der Waals surface area contributed by atoms with Crippen LogP contribution in [0.15, 0.2) is 72.0 Å². The van der Waals surface area contributed by atoms with Gasteiger partial charge in [-0.15, -0.1) is 18.3 Å². The average molecular weight is 624 g/mol. The van der Waals surface area contributed by atoms with Crippen LogP contribution in [0.25, 0.3) is 17.1 Å². The van der Waals surface area contributed by atoms with E-state index in [0.29, 0.717) is 35.3 Å². The normalized spacial score (nSPS) is 14.4. The van der Waals surface area contributed by atoms with Crippen molar-refractivity contribution < 1.29 is 32.2 Å². The summed E-state index contributed by atoms with van der Waals surface area (Å²) in [5, 5.41) is 4.79. The first-order valence-corrected chi connectivity index (χ1v) is 14.6. The molecule has 0 saturated carbocycles. The molecule has 1 aromatic heterocycles. The number of amidine groups is 1. The van der Waals surface area contributed by atoms with Crippen molar-refractivity contribution in [2.24, 2.45) is 4.99 Å². The van der Waals surface area contributed by atoms with E-state index in [4.69, 9.17) is 4.74 Å². The lowest BCUT2D eigenvalue weighted by molar-refractivity contribution is -0.274. The molecule has 228 valence electrons. The van der Waals surface area contributed by atoms with Gasteiger partial charge in [0.15, 0.2) is 11.0 Å². The number of nitrogens with zero attached hydrogens (tertiary/aromatic N) is 5. The molecule has 1 fully saturated rings. The number of carbonyl (C=O) groups is 2. The Morgan fingerprint density at radius 2 is 1.80 bits per heavy atom. The number of anilines is 1. The number of ether oxygens (including phenoxy) is 2. The Kier molecular flexibility index (Phi) is 9.04. The fourth-order valence-electron chi connectivity index (χ4n) is 4.74. The van der Waals surface area contributed by atoms with E-state index < -0.39 is 6.36 Å². The average Bonchev–Trinajstić information content (AvgIpc) is 3.62. The molecule has 0 bridgehead atoms. The van der Waals surface area contributed by atoms with Gasteiger partial charge in [-0.3, -0.25) is 14.5 Å². The number of alkyl halides is 3. The number of hydrogen-bond acceptors (Lipinski definition) is 7. The molecule has 0 N–H and O–H groups in total. The minimum atomic E-state index is -4.76. The Balaban J connectivity index is 1.22. The van der Waals surface area contributed by atoms with Crippen molar-refractivity contribution in [3.8, 4) is 28.6 Å². The van der Waals surface area contributed by atoms with Crippen molar-refractivity contribution in [3.05, 3.63) is 83.7 Å². The van der Waals surface area contributed by atoms with Gasteiger partial charge in [-0.2, -0.15) is 4.99 Å². The fraction of sp³-hybridized carbons (Fsp3) is 0.258. The number of thioether (sulfide) groups is 1. The Morgan fingerprint density at radius 1 is 1.07 bits per heavy atom. The zero-order valence-electron chi connectivity index (χ0n) is 24.1. The molecule has 0 unspecified atom stereocenters. The lowest BCUT2D eigenvalue weighted by Gasteiger charge is -2.22. The molecule has 1 aliphatic heterocycles. The van der Waals surface area contributed by atoms with Crippen LogP contribution < -0.4 is 14.4 Å². The monoisotopic (exact) mass is 623 g/mol. The SMILES string of the molecule is CCc1cc(OC)cc(C)c1N1C(=O)CSC1=NC(=O)CCc1ccc(-c2ncn(-c3ccc(OC(F)(F)F)cc3)n2)cc1. The van der Waals surface area contributed by atoms with Crippen molar-refractivity contribution in [1.29, 1.82) is 0 Å². The molecule has 1 aliphatic rings. The van der Waals surface area contributed by atoms with E-state index in [0.717, 1.165) is 27.9 Å². The van der Waals surface area contributed by atoms with Crippen molar-refractivity contribution in [2.45, 2.75) is 39.5 Å². The largest absolute Gasteiger partial charge is 0.573 e. The topological polar surface area (TPSA) is 98.9 Å². The van der Waals surface area contributed by atoms with Gasteiger partial charge in [0.1, 0.15) is 17.8 Å².